The lowest BCUT2D eigenvalue weighted by Crippen LogP contribution is -2.50. The van der Waals surface area contributed by atoms with Gasteiger partial charge in [-0.05, 0) is 24.3 Å². The molecule has 0 saturated carbocycles. The quantitative estimate of drug-likeness (QED) is 0.466. The van der Waals surface area contributed by atoms with Crippen molar-refractivity contribution in [2.45, 2.75) is 11.5 Å². The van der Waals surface area contributed by atoms with Crippen molar-refractivity contribution in [1.82, 2.24) is 19.2 Å². The van der Waals surface area contributed by atoms with Gasteiger partial charge in [0.05, 0.1) is 11.5 Å². The van der Waals surface area contributed by atoms with Crippen LogP contribution >= 0.6 is 11.3 Å². The first-order valence-corrected chi connectivity index (χ1v) is 12.6. The summed E-state index contributed by atoms with van der Waals surface area (Å²) in [6.45, 7) is 0.925. The SMILES string of the molecule is COCc1c(C(=O)N2CCN(S(=O)(=O)c3c[nH]c4ncccc34)CC2)sc2cccc(F)c12. The first-order valence-electron chi connectivity index (χ1n) is 10.3. The Balaban J connectivity index is 1.38. The number of rotatable bonds is 5. The molecule has 172 valence electrons. The maximum Gasteiger partial charge on any atom is 0.264 e. The van der Waals surface area contributed by atoms with Crippen molar-refractivity contribution in [2.75, 3.05) is 33.3 Å². The van der Waals surface area contributed by atoms with Gasteiger partial charge in [-0.2, -0.15) is 4.31 Å². The summed E-state index contributed by atoms with van der Waals surface area (Å²) in [6.07, 6.45) is 3.05. The molecule has 11 heteroatoms. The Bertz CT molecular complexity index is 1460. The summed E-state index contributed by atoms with van der Waals surface area (Å²) in [4.78, 5) is 22.6. The zero-order valence-corrected chi connectivity index (χ0v) is 19.4. The minimum Gasteiger partial charge on any atom is -0.380 e. The average Bonchev–Trinajstić information content (AvgIpc) is 3.42. The van der Waals surface area contributed by atoms with Crippen LogP contribution in [0.15, 0.2) is 47.6 Å². The fourth-order valence-electron chi connectivity index (χ4n) is 4.18. The van der Waals surface area contributed by atoms with Gasteiger partial charge in [0.2, 0.25) is 10.0 Å². The summed E-state index contributed by atoms with van der Waals surface area (Å²) in [5.74, 6) is -0.630. The van der Waals surface area contributed by atoms with Crippen LogP contribution in [0.25, 0.3) is 21.1 Å². The number of pyridine rings is 1. The van der Waals surface area contributed by atoms with Crippen LogP contribution < -0.4 is 0 Å². The first kappa shape index (κ1) is 22.0. The van der Waals surface area contributed by atoms with Crippen molar-refractivity contribution in [2.24, 2.45) is 0 Å². The van der Waals surface area contributed by atoms with Crippen molar-refractivity contribution in [3.63, 3.8) is 0 Å². The molecule has 0 spiro atoms. The fraction of sp³-hybridized carbons (Fsp3) is 0.273. The molecule has 4 heterocycles. The number of nitrogens with one attached hydrogen (secondary N) is 1. The Kier molecular flexibility index (Phi) is 5.65. The molecule has 33 heavy (non-hydrogen) atoms. The van der Waals surface area contributed by atoms with Gasteiger partial charge in [0.15, 0.2) is 0 Å². The van der Waals surface area contributed by atoms with E-state index < -0.39 is 10.0 Å². The molecule has 5 rings (SSSR count). The van der Waals surface area contributed by atoms with Gasteiger partial charge in [0, 0.05) is 66.7 Å². The number of fused-ring (bicyclic) bond motifs is 2. The maximum atomic E-state index is 14.5. The summed E-state index contributed by atoms with van der Waals surface area (Å²) in [6, 6.07) is 8.16. The van der Waals surface area contributed by atoms with E-state index in [1.54, 1.807) is 35.4 Å². The number of carbonyl (C=O) groups is 1. The molecule has 1 aliphatic heterocycles. The molecule has 1 aromatic carbocycles. The lowest BCUT2D eigenvalue weighted by atomic mass is 10.1. The van der Waals surface area contributed by atoms with Crippen LogP contribution in [0.2, 0.25) is 0 Å². The number of hydrogen-bond donors (Lipinski definition) is 1. The maximum absolute atomic E-state index is 14.5. The number of benzene rings is 1. The van der Waals surface area contributed by atoms with E-state index in [1.807, 2.05) is 0 Å². The van der Waals surface area contributed by atoms with E-state index in [-0.39, 0.29) is 49.4 Å². The van der Waals surface area contributed by atoms with E-state index in [4.69, 9.17) is 4.74 Å². The molecule has 0 radical (unpaired) electrons. The van der Waals surface area contributed by atoms with Crippen LogP contribution in [0.4, 0.5) is 4.39 Å². The van der Waals surface area contributed by atoms with E-state index in [2.05, 4.69) is 9.97 Å². The van der Waals surface area contributed by atoms with Crippen LogP contribution in [0.5, 0.6) is 0 Å². The number of methoxy groups -OCH3 is 1. The zero-order valence-electron chi connectivity index (χ0n) is 17.7. The standard InChI is InChI=1S/C22H21FN4O4S2/c1-31-13-15-19-16(23)5-2-6-17(19)32-20(15)22(28)26-8-10-27(11-9-26)33(29,30)18-12-25-21-14(18)4-3-7-24-21/h2-7,12H,8-11,13H2,1H3,(H,24,25). The van der Waals surface area contributed by atoms with Crippen molar-refractivity contribution in [3.05, 3.63) is 59.0 Å². The van der Waals surface area contributed by atoms with Crippen molar-refractivity contribution < 1.29 is 22.3 Å². The normalized spacial score (nSPS) is 15.5. The van der Waals surface area contributed by atoms with E-state index in [0.29, 0.717) is 31.6 Å². The molecule has 3 aromatic heterocycles. The summed E-state index contributed by atoms with van der Waals surface area (Å²) in [7, 11) is -2.24. The third-order valence-electron chi connectivity index (χ3n) is 5.80. The highest BCUT2D eigenvalue weighted by Gasteiger charge is 2.33. The minimum absolute atomic E-state index is 0.116. The molecule has 0 unspecified atom stereocenters. The number of halogens is 1. The molecule has 1 amide bonds. The summed E-state index contributed by atoms with van der Waals surface area (Å²) in [5, 5.41) is 0.939. The molecule has 8 nitrogen and oxygen atoms in total. The van der Waals surface area contributed by atoms with E-state index in [0.717, 1.165) is 0 Å². The zero-order chi connectivity index (χ0) is 23.2. The number of thiophene rings is 1. The highest BCUT2D eigenvalue weighted by Crippen LogP contribution is 2.35. The van der Waals surface area contributed by atoms with Gasteiger partial charge in [0.25, 0.3) is 5.91 Å². The Hall–Kier alpha value is -2.86. The lowest BCUT2D eigenvalue weighted by molar-refractivity contribution is 0.0699. The smallest absolute Gasteiger partial charge is 0.264 e. The van der Waals surface area contributed by atoms with Gasteiger partial charge in [-0.3, -0.25) is 4.79 Å². The molecule has 1 N–H and O–H groups in total. The molecule has 0 aliphatic carbocycles. The number of sulfonamides is 1. The molecule has 0 bridgehead atoms. The van der Waals surface area contributed by atoms with Crippen LogP contribution in [0, 0.1) is 5.82 Å². The molecular formula is C22H21FN4O4S2. The number of piperazine rings is 1. The number of nitrogens with zero attached hydrogens (tertiary/aromatic N) is 3. The third-order valence-corrected chi connectivity index (χ3v) is 8.93. The number of aromatic nitrogens is 2. The van der Waals surface area contributed by atoms with Crippen LogP contribution in [-0.2, 0) is 21.4 Å². The van der Waals surface area contributed by atoms with Gasteiger partial charge < -0.3 is 14.6 Å². The monoisotopic (exact) mass is 488 g/mol. The predicted octanol–water partition coefficient (Wildman–Crippen LogP) is 3.21. The molecule has 4 aromatic rings. The van der Waals surface area contributed by atoms with Crippen LogP contribution in [0.3, 0.4) is 0 Å². The van der Waals surface area contributed by atoms with Gasteiger partial charge in [-0.25, -0.2) is 17.8 Å². The van der Waals surface area contributed by atoms with Crippen molar-refractivity contribution in [3.8, 4) is 0 Å². The molecule has 1 saturated heterocycles. The topological polar surface area (TPSA) is 95.6 Å². The lowest BCUT2D eigenvalue weighted by Gasteiger charge is -2.33. The van der Waals surface area contributed by atoms with Gasteiger partial charge >= 0.3 is 0 Å². The molecule has 1 fully saturated rings. The molecule has 0 atom stereocenters. The summed E-state index contributed by atoms with van der Waals surface area (Å²) >= 11 is 1.23. The van der Waals surface area contributed by atoms with E-state index in [1.165, 1.54) is 35.0 Å². The Morgan fingerprint density at radius 3 is 2.76 bits per heavy atom. The van der Waals surface area contributed by atoms with Crippen molar-refractivity contribution >= 4 is 48.4 Å². The summed E-state index contributed by atoms with van der Waals surface area (Å²) < 4.78 is 48.2. The number of aromatic amines is 1. The molecule has 1 aliphatic rings. The first-order chi connectivity index (χ1) is 15.9. The second-order valence-electron chi connectivity index (χ2n) is 7.70. The highest BCUT2D eigenvalue weighted by atomic mass is 32.2. The number of ether oxygens (including phenoxy) is 1. The Morgan fingerprint density at radius 1 is 1.21 bits per heavy atom. The second kappa shape index (κ2) is 8.49. The molecular weight excluding hydrogens is 467 g/mol. The number of amides is 1. The van der Waals surface area contributed by atoms with Crippen LogP contribution in [0.1, 0.15) is 15.2 Å². The Morgan fingerprint density at radius 2 is 2.00 bits per heavy atom. The predicted molar refractivity (Wildman–Crippen MR) is 123 cm³/mol. The number of hydrogen-bond acceptors (Lipinski definition) is 6. The number of carbonyl (C=O) groups excluding carboxylic acids is 1. The fourth-order valence-corrected chi connectivity index (χ4v) is 6.94. The second-order valence-corrected chi connectivity index (χ2v) is 10.7. The van der Waals surface area contributed by atoms with E-state index >= 15 is 0 Å². The van der Waals surface area contributed by atoms with Crippen LogP contribution in [-0.4, -0.2) is 66.8 Å². The highest BCUT2D eigenvalue weighted by molar-refractivity contribution is 7.89. The largest absolute Gasteiger partial charge is 0.380 e. The summed E-state index contributed by atoms with van der Waals surface area (Å²) in [5.41, 5.74) is 1.04. The van der Waals surface area contributed by atoms with E-state index in [9.17, 15) is 17.6 Å². The van der Waals surface area contributed by atoms with Gasteiger partial charge in [-0.1, -0.05) is 6.07 Å². The average molecular weight is 489 g/mol. The third kappa shape index (κ3) is 3.70. The number of H-pyrrole nitrogens is 1. The Labute approximate surface area is 193 Å². The van der Waals surface area contributed by atoms with Gasteiger partial charge in [0.1, 0.15) is 16.4 Å². The van der Waals surface area contributed by atoms with Gasteiger partial charge in [-0.15, -0.1) is 11.3 Å². The minimum atomic E-state index is -3.74. The van der Waals surface area contributed by atoms with Crippen molar-refractivity contribution in [1.29, 1.82) is 0 Å².